The first-order valence-electron chi connectivity index (χ1n) is 9.35. The number of urea groups is 1. The van der Waals surface area contributed by atoms with E-state index in [1.807, 2.05) is 0 Å². The molecule has 11 heteroatoms. The largest absolute Gasteiger partial charge is 0.359 e. The summed E-state index contributed by atoms with van der Waals surface area (Å²) >= 11 is 6.18. The molecule has 3 rings (SSSR count). The maximum atomic E-state index is 12.9. The lowest BCUT2D eigenvalue weighted by Crippen LogP contribution is -2.39. The van der Waals surface area contributed by atoms with Crippen LogP contribution in [0.3, 0.4) is 0 Å². The van der Waals surface area contributed by atoms with Gasteiger partial charge in [0.1, 0.15) is 11.4 Å². The van der Waals surface area contributed by atoms with Crippen molar-refractivity contribution in [2.45, 2.75) is 25.2 Å². The molecule has 2 aromatic rings. The van der Waals surface area contributed by atoms with E-state index in [4.69, 9.17) is 16.1 Å². The fraction of sp³-hybridized carbons (Fsp3) is 0.421. The Balaban J connectivity index is 1.67. The van der Waals surface area contributed by atoms with Gasteiger partial charge in [-0.25, -0.2) is 13.2 Å². The van der Waals surface area contributed by atoms with Gasteiger partial charge in [-0.2, -0.15) is 0 Å². The van der Waals surface area contributed by atoms with Crippen LogP contribution in [-0.2, 0) is 9.84 Å². The zero-order valence-electron chi connectivity index (χ0n) is 16.9. The average molecular weight is 455 g/mol. The van der Waals surface area contributed by atoms with E-state index >= 15 is 0 Å². The van der Waals surface area contributed by atoms with Gasteiger partial charge in [-0.1, -0.05) is 16.8 Å². The van der Waals surface area contributed by atoms with Gasteiger partial charge < -0.3 is 19.6 Å². The molecule has 9 nitrogen and oxygen atoms in total. The molecular formula is C19H23ClN4O5S. The van der Waals surface area contributed by atoms with Crippen LogP contribution in [0.25, 0.3) is 0 Å². The minimum atomic E-state index is -3.41. The van der Waals surface area contributed by atoms with E-state index in [-0.39, 0.29) is 27.4 Å². The molecule has 0 aliphatic carbocycles. The number of nitrogens with zero attached hydrogens (tertiary/aromatic N) is 3. The number of nitrogens with one attached hydrogen (secondary N) is 1. The summed E-state index contributed by atoms with van der Waals surface area (Å²) in [5.41, 5.74) is 1.38. The van der Waals surface area contributed by atoms with Gasteiger partial charge in [0.2, 0.25) is 0 Å². The lowest BCUT2D eigenvalue weighted by molar-refractivity contribution is 0.0762. The monoisotopic (exact) mass is 454 g/mol. The maximum Gasteiger partial charge on any atom is 0.322 e. The topological polar surface area (TPSA) is 113 Å². The second-order valence-electron chi connectivity index (χ2n) is 7.18. The van der Waals surface area contributed by atoms with Crippen molar-refractivity contribution >= 4 is 39.1 Å². The van der Waals surface area contributed by atoms with E-state index in [9.17, 15) is 18.0 Å². The third-order valence-corrected chi connectivity index (χ3v) is 6.36. The molecule has 0 bridgehead atoms. The molecule has 1 aliphatic rings. The van der Waals surface area contributed by atoms with Crippen LogP contribution in [0.2, 0.25) is 5.02 Å². The number of hydrogen-bond donors (Lipinski definition) is 1. The molecule has 3 amide bonds. The van der Waals surface area contributed by atoms with Gasteiger partial charge in [0.25, 0.3) is 5.91 Å². The zero-order valence-corrected chi connectivity index (χ0v) is 18.5. The van der Waals surface area contributed by atoms with E-state index in [1.54, 1.807) is 23.6 Å². The molecule has 1 aromatic heterocycles. The van der Waals surface area contributed by atoms with Crippen molar-refractivity contribution in [3.8, 4) is 0 Å². The van der Waals surface area contributed by atoms with E-state index in [0.29, 0.717) is 49.7 Å². The quantitative estimate of drug-likeness (QED) is 0.762. The van der Waals surface area contributed by atoms with Gasteiger partial charge in [0.15, 0.2) is 15.6 Å². The number of carbonyl (C=O) groups is 2. The Morgan fingerprint density at radius 3 is 2.40 bits per heavy atom. The number of anilines is 1. The third kappa shape index (κ3) is 4.76. The van der Waals surface area contributed by atoms with Crippen LogP contribution < -0.4 is 5.32 Å². The minimum Gasteiger partial charge on any atom is -0.359 e. The Labute approximate surface area is 179 Å². The standard InChI is InChI=1S/C19H23ClN4O5S/c1-12-17(13(2)29-22-12)21-19(26)24-8-4-7-23(9-10-24)18(25)15-6-5-14(11-16(15)20)30(3,27)28/h5-6,11H,4,7-10H2,1-3H3,(H,21,26). The Kier molecular flexibility index (Phi) is 6.37. The molecule has 0 unspecified atom stereocenters. The molecule has 1 N–H and O–H groups in total. The van der Waals surface area contributed by atoms with Crippen molar-refractivity contribution in [2.75, 3.05) is 37.8 Å². The molecule has 162 valence electrons. The molecule has 1 fully saturated rings. The van der Waals surface area contributed by atoms with E-state index in [1.165, 1.54) is 18.2 Å². The van der Waals surface area contributed by atoms with E-state index in [2.05, 4.69) is 10.5 Å². The minimum absolute atomic E-state index is 0.0575. The molecule has 1 aliphatic heterocycles. The highest BCUT2D eigenvalue weighted by molar-refractivity contribution is 7.90. The third-order valence-electron chi connectivity index (χ3n) is 4.93. The van der Waals surface area contributed by atoms with Crippen LogP contribution in [0, 0.1) is 13.8 Å². The van der Waals surface area contributed by atoms with Crippen LogP contribution in [0.4, 0.5) is 10.5 Å². The number of rotatable bonds is 3. The first-order chi connectivity index (χ1) is 14.1. The average Bonchev–Trinajstić information content (AvgIpc) is 2.88. The Hall–Kier alpha value is -2.59. The van der Waals surface area contributed by atoms with Gasteiger partial charge in [-0.15, -0.1) is 0 Å². The molecule has 2 heterocycles. The summed E-state index contributed by atoms with van der Waals surface area (Å²) in [6, 6.07) is 3.80. The molecule has 0 atom stereocenters. The number of carbonyl (C=O) groups excluding carboxylic acids is 2. The smallest absolute Gasteiger partial charge is 0.322 e. The molecule has 0 saturated carbocycles. The van der Waals surface area contributed by atoms with Crippen molar-refractivity contribution in [1.29, 1.82) is 0 Å². The van der Waals surface area contributed by atoms with Gasteiger partial charge >= 0.3 is 6.03 Å². The maximum absolute atomic E-state index is 12.9. The van der Waals surface area contributed by atoms with Gasteiger partial charge in [0, 0.05) is 32.4 Å². The lowest BCUT2D eigenvalue weighted by Gasteiger charge is -2.23. The number of aromatic nitrogens is 1. The summed E-state index contributed by atoms with van der Waals surface area (Å²) in [6.07, 6.45) is 1.68. The second-order valence-corrected chi connectivity index (χ2v) is 9.60. The predicted octanol–water partition coefficient (Wildman–Crippen LogP) is 2.73. The van der Waals surface area contributed by atoms with E-state index in [0.717, 1.165) is 6.26 Å². The van der Waals surface area contributed by atoms with Crippen molar-refractivity contribution in [3.05, 3.63) is 40.2 Å². The Bertz CT molecular complexity index is 1060. The number of amides is 3. The first-order valence-corrected chi connectivity index (χ1v) is 11.6. The number of halogens is 1. The fourth-order valence-corrected chi connectivity index (χ4v) is 4.21. The van der Waals surface area contributed by atoms with Crippen molar-refractivity contribution < 1.29 is 22.5 Å². The predicted molar refractivity (Wildman–Crippen MR) is 112 cm³/mol. The van der Waals surface area contributed by atoms with Crippen LogP contribution in [0.1, 0.15) is 28.2 Å². The number of benzene rings is 1. The van der Waals surface area contributed by atoms with Crippen molar-refractivity contribution in [2.24, 2.45) is 0 Å². The Morgan fingerprint density at radius 1 is 1.13 bits per heavy atom. The molecule has 1 aromatic carbocycles. The number of hydrogen-bond acceptors (Lipinski definition) is 6. The van der Waals surface area contributed by atoms with Crippen molar-refractivity contribution in [1.82, 2.24) is 15.0 Å². The van der Waals surface area contributed by atoms with Crippen LogP contribution in [0.5, 0.6) is 0 Å². The van der Waals surface area contributed by atoms with Crippen LogP contribution >= 0.6 is 11.6 Å². The lowest BCUT2D eigenvalue weighted by atomic mass is 10.2. The molecule has 1 saturated heterocycles. The summed E-state index contributed by atoms with van der Waals surface area (Å²) in [4.78, 5) is 28.8. The summed E-state index contributed by atoms with van der Waals surface area (Å²) in [5.74, 6) is 0.229. The summed E-state index contributed by atoms with van der Waals surface area (Å²) in [6.45, 7) is 5.08. The molecule has 30 heavy (non-hydrogen) atoms. The summed E-state index contributed by atoms with van der Waals surface area (Å²) < 4.78 is 28.4. The highest BCUT2D eigenvalue weighted by Crippen LogP contribution is 2.23. The van der Waals surface area contributed by atoms with Gasteiger partial charge in [-0.3, -0.25) is 4.79 Å². The molecule has 0 spiro atoms. The second kappa shape index (κ2) is 8.65. The summed E-state index contributed by atoms with van der Waals surface area (Å²) in [7, 11) is -3.41. The highest BCUT2D eigenvalue weighted by atomic mass is 35.5. The first kappa shape index (κ1) is 22.1. The Morgan fingerprint density at radius 2 is 1.80 bits per heavy atom. The zero-order chi connectivity index (χ0) is 22.1. The van der Waals surface area contributed by atoms with Gasteiger partial charge in [0.05, 0.1) is 15.5 Å². The van der Waals surface area contributed by atoms with E-state index < -0.39 is 9.84 Å². The van der Waals surface area contributed by atoms with Gasteiger partial charge in [-0.05, 0) is 38.5 Å². The fourth-order valence-electron chi connectivity index (χ4n) is 3.24. The highest BCUT2D eigenvalue weighted by Gasteiger charge is 2.25. The molecular weight excluding hydrogens is 432 g/mol. The summed E-state index contributed by atoms with van der Waals surface area (Å²) in [5, 5.41) is 6.71. The number of sulfone groups is 1. The van der Waals surface area contributed by atoms with Crippen LogP contribution in [-0.4, -0.2) is 67.7 Å². The SMILES string of the molecule is Cc1noc(C)c1NC(=O)N1CCCN(C(=O)c2ccc(S(C)(=O)=O)cc2Cl)CC1. The normalized spacial score (nSPS) is 15.1. The number of aryl methyl sites for hydroxylation is 2. The van der Waals surface area contributed by atoms with Crippen molar-refractivity contribution in [3.63, 3.8) is 0 Å². The molecule has 0 radical (unpaired) electrons. The van der Waals surface area contributed by atoms with Crippen LogP contribution in [0.15, 0.2) is 27.6 Å².